The van der Waals surface area contributed by atoms with Crippen LogP contribution in [0.1, 0.15) is 25.3 Å². The largest absolute Gasteiger partial charge is 0.327 e. The molecule has 4 rings (SSSR count). The van der Waals surface area contributed by atoms with E-state index in [4.69, 9.17) is 0 Å². The molecule has 7 nitrogen and oxygen atoms in total. The van der Waals surface area contributed by atoms with Gasteiger partial charge in [0.2, 0.25) is 10.0 Å². The van der Waals surface area contributed by atoms with Crippen LogP contribution in [-0.2, 0) is 16.4 Å². The van der Waals surface area contributed by atoms with Crippen molar-refractivity contribution in [1.29, 1.82) is 0 Å². The number of carbonyl (C=O) groups is 1. The van der Waals surface area contributed by atoms with Gasteiger partial charge in [-0.15, -0.1) is 0 Å². The summed E-state index contributed by atoms with van der Waals surface area (Å²) >= 11 is 0. The van der Waals surface area contributed by atoms with Crippen molar-refractivity contribution < 1.29 is 13.2 Å². The highest BCUT2D eigenvalue weighted by molar-refractivity contribution is 7.89. The molecular formula is C25H28N4O3S. The van der Waals surface area contributed by atoms with Crippen molar-refractivity contribution in [2.24, 2.45) is 0 Å². The molecule has 8 heteroatoms. The molecule has 1 fully saturated rings. The molecule has 33 heavy (non-hydrogen) atoms. The average molecular weight is 465 g/mol. The van der Waals surface area contributed by atoms with Gasteiger partial charge in [-0.05, 0) is 61.2 Å². The number of hydrogen-bond donors (Lipinski definition) is 1. The number of pyridine rings is 1. The van der Waals surface area contributed by atoms with Crippen molar-refractivity contribution in [3.05, 3.63) is 84.6 Å². The summed E-state index contributed by atoms with van der Waals surface area (Å²) in [6.45, 7) is 2.71. The standard InChI is InChI=1S/C25H28N4O3S/c1-2-20-11-13-23(14-12-20)33(31,32)28-18-15-22(16-19-28)29(24-10-6-7-17-26-24)25(30)27-21-8-4-3-5-9-21/h3-14,17,22H,2,15-16,18-19H2,1H3,(H,27,30). The van der Waals surface area contributed by atoms with E-state index in [9.17, 15) is 13.2 Å². The SMILES string of the molecule is CCc1ccc(S(=O)(=O)N2CCC(N(C(=O)Nc3ccccc3)c3ccccn3)CC2)cc1. The Balaban J connectivity index is 1.50. The molecule has 0 radical (unpaired) electrons. The summed E-state index contributed by atoms with van der Waals surface area (Å²) in [6.07, 6.45) is 3.55. The van der Waals surface area contributed by atoms with Crippen LogP contribution in [0, 0.1) is 0 Å². The Morgan fingerprint density at radius 2 is 1.67 bits per heavy atom. The number of nitrogens with one attached hydrogen (secondary N) is 1. The second-order valence-electron chi connectivity index (χ2n) is 7.99. The minimum absolute atomic E-state index is 0.169. The quantitative estimate of drug-likeness (QED) is 0.581. The summed E-state index contributed by atoms with van der Waals surface area (Å²) in [4.78, 5) is 19.6. The van der Waals surface area contributed by atoms with Gasteiger partial charge in [0.15, 0.2) is 0 Å². The number of benzene rings is 2. The fourth-order valence-corrected chi connectivity index (χ4v) is 5.51. The third-order valence-electron chi connectivity index (χ3n) is 5.90. The van der Waals surface area contributed by atoms with Gasteiger partial charge in [0, 0.05) is 31.0 Å². The fourth-order valence-electron chi connectivity index (χ4n) is 4.05. The number of anilines is 2. The van der Waals surface area contributed by atoms with E-state index in [1.165, 1.54) is 4.31 Å². The van der Waals surface area contributed by atoms with Crippen molar-refractivity contribution in [2.75, 3.05) is 23.3 Å². The maximum atomic E-state index is 13.2. The minimum atomic E-state index is -3.57. The maximum absolute atomic E-state index is 13.2. The number of para-hydroxylation sites is 1. The topological polar surface area (TPSA) is 82.6 Å². The summed E-state index contributed by atoms with van der Waals surface area (Å²) in [6, 6.07) is 21.3. The Labute approximate surface area is 195 Å². The molecule has 0 aliphatic carbocycles. The molecule has 1 N–H and O–H groups in total. The minimum Gasteiger partial charge on any atom is -0.307 e. The third-order valence-corrected chi connectivity index (χ3v) is 7.81. The van der Waals surface area contributed by atoms with Crippen LogP contribution in [0.25, 0.3) is 0 Å². The number of nitrogens with zero attached hydrogens (tertiary/aromatic N) is 3. The smallest absolute Gasteiger partial charge is 0.307 e. The van der Waals surface area contributed by atoms with Gasteiger partial charge in [0.1, 0.15) is 5.82 Å². The Morgan fingerprint density at radius 3 is 2.27 bits per heavy atom. The maximum Gasteiger partial charge on any atom is 0.327 e. The van der Waals surface area contributed by atoms with E-state index in [0.717, 1.165) is 12.0 Å². The number of urea groups is 1. The fraction of sp³-hybridized carbons (Fsp3) is 0.280. The highest BCUT2D eigenvalue weighted by Crippen LogP contribution is 2.27. The molecule has 0 atom stereocenters. The molecule has 2 aromatic carbocycles. The number of amides is 2. The van der Waals surface area contributed by atoms with Gasteiger partial charge in [0.05, 0.1) is 4.90 Å². The number of rotatable bonds is 6. The molecular weight excluding hydrogens is 436 g/mol. The highest BCUT2D eigenvalue weighted by atomic mass is 32.2. The van der Waals surface area contributed by atoms with E-state index in [1.807, 2.05) is 55.5 Å². The summed E-state index contributed by atoms with van der Waals surface area (Å²) < 4.78 is 27.8. The molecule has 1 saturated heterocycles. The van der Waals surface area contributed by atoms with Gasteiger partial charge in [-0.3, -0.25) is 4.90 Å². The Bertz CT molecular complexity index is 1160. The van der Waals surface area contributed by atoms with Crippen molar-refractivity contribution in [1.82, 2.24) is 9.29 Å². The van der Waals surface area contributed by atoms with E-state index in [2.05, 4.69) is 10.3 Å². The molecule has 0 spiro atoms. The van der Waals surface area contributed by atoms with E-state index in [0.29, 0.717) is 42.3 Å². The number of hydrogen-bond acceptors (Lipinski definition) is 4. The molecule has 1 aromatic heterocycles. The van der Waals surface area contributed by atoms with Crippen LogP contribution in [0.3, 0.4) is 0 Å². The predicted octanol–water partition coefficient (Wildman–Crippen LogP) is 4.54. The number of aryl methyl sites for hydroxylation is 1. The van der Waals surface area contributed by atoms with Crippen molar-refractivity contribution >= 4 is 27.6 Å². The van der Waals surface area contributed by atoms with E-state index >= 15 is 0 Å². The lowest BCUT2D eigenvalue weighted by atomic mass is 10.0. The monoisotopic (exact) mass is 464 g/mol. The molecule has 3 aromatic rings. The Morgan fingerprint density at radius 1 is 1.00 bits per heavy atom. The van der Waals surface area contributed by atoms with Crippen LogP contribution in [0.15, 0.2) is 83.9 Å². The highest BCUT2D eigenvalue weighted by Gasteiger charge is 2.34. The number of carbonyl (C=O) groups excluding carboxylic acids is 1. The van der Waals surface area contributed by atoms with E-state index < -0.39 is 10.0 Å². The summed E-state index contributed by atoms with van der Waals surface area (Å²) in [5.74, 6) is 0.544. The zero-order valence-electron chi connectivity index (χ0n) is 18.6. The lowest BCUT2D eigenvalue weighted by Gasteiger charge is -2.37. The van der Waals surface area contributed by atoms with Crippen LogP contribution in [0.2, 0.25) is 0 Å². The third kappa shape index (κ3) is 5.23. The van der Waals surface area contributed by atoms with Gasteiger partial charge in [0.25, 0.3) is 0 Å². The number of aromatic nitrogens is 1. The van der Waals surface area contributed by atoms with Crippen LogP contribution in [0.4, 0.5) is 16.3 Å². The number of sulfonamides is 1. The first kappa shape index (κ1) is 22.9. The van der Waals surface area contributed by atoms with Gasteiger partial charge in [-0.2, -0.15) is 4.31 Å². The molecule has 2 heterocycles. The molecule has 1 aliphatic rings. The lowest BCUT2D eigenvalue weighted by Crippen LogP contribution is -2.50. The van der Waals surface area contributed by atoms with Crippen LogP contribution in [0.5, 0.6) is 0 Å². The Hall–Kier alpha value is -3.23. The van der Waals surface area contributed by atoms with Gasteiger partial charge >= 0.3 is 6.03 Å². The zero-order valence-corrected chi connectivity index (χ0v) is 19.4. The summed E-state index contributed by atoms with van der Waals surface area (Å²) in [7, 11) is -3.57. The summed E-state index contributed by atoms with van der Waals surface area (Å²) in [5.41, 5.74) is 1.79. The molecule has 0 saturated carbocycles. The van der Waals surface area contributed by atoms with Crippen molar-refractivity contribution in [3.63, 3.8) is 0 Å². The zero-order chi connectivity index (χ0) is 23.3. The average Bonchev–Trinajstić information content (AvgIpc) is 2.86. The normalized spacial score (nSPS) is 15.2. The van der Waals surface area contributed by atoms with Gasteiger partial charge in [-0.25, -0.2) is 18.2 Å². The molecule has 2 amide bonds. The first-order chi connectivity index (χ1) is 16.0. The predicted molar refractivity (Wildman–Crippen MR) is 130 cm³/mol. The van der Waals surface area contributed by atoms with Crippen LogP contribution >= 0.6 is 0 Å². The van der Waals surface area contributed by atoms with Crippen molar-refractivity contribution in [2.45, 2.75) is 37.1 Å². The van der Waals surface area contributed by atoms with E-state index in [1.54, 1.807) is 35.4 Å². The molecule has 1 aliphatic heterocycles. The van der Waals surface area contributed by atoms with Crippen LogP contribution < -0.4 is 10.2 Å². The first-order valence-electron chi connectivity index (χ1n) is 11.1. The Kier molecular flexibility index (Phi) is 7.05. The van der Waals surface area contributed by atoms with Gasteiger partial charge < -0.3 is 5.32 Å². The number of piperidine rings is 1. The first-order valence-corrected chi connectivity index (χ1v) is 12.6. The second-order valence-corrected chi connectivity index (χ2v) is 9.92. The van der Waals surface area contributed by atoms with Crippen molar-refractivity contribution in [3.8, 4) is 0 Å². The van der Waals surface area contributed by atoms with Gasteiger partial charge in [-0.1, -0.05) is 43.3 Å². The molecule has 172 valence electrons. The summed E-state index contributed by atoms with van der Waals surface area (Å²) in [5, 5.41) is 2.93. The second kappa shape index (κ2) is 10.1. The molecule has 0 bridgehead atoms. The van der Waals surface area contributed by atoms with E-state index in [-0.39, 0.29) is 12.1 Å². The lowest BCUT2D eigenvalue weighted by molar-refractivity contribution is 0.248. The van der Waals surface area contributed by atoms with Crippen LogP contribution in [-0.4, -0.2) is 42.9 Å². The molecule has 0 unspecified atom stereocenters.